The van der Waals surface area contributed by atoms with Gasteiger partial charge in [0.15, 0.2) is 0 Å². The summed E-state index contributed by atoms with van der Waals surface area (Å²) < 4.78 is 36.9. The van der Waals surface area contributed by atoms with Gasteiger partial charge >= 0.3 is 0 Å². The van der Waals surface area contributed by atoms with Crippen molar-refractivity contribution >= 4 is 0 Å². The van der Waals surface area contributed by atoms with E-state index >= 15 is 0 Å². The summed E-state index contributed by atoms with van der Waals surface area (Å²) in [4.78, 5) is 0. The summed E-state index contributed by atoms with van der Waals surface area (Å²) in [5.41, 5.74) is 6.01. The number of hydrogen-bond acceptors (Lipinski definition) is 8. The van der Waals surface area contributed by atoms with Crippen LogP contribution in [0.1, 0.15) is 0 Å². The Morgan fingerprint density at radius 1 is 0.950 bits per heavy atom. The molecule has 20 heavy (non-hydrogen) atoms. The van der Waals surface area contributed by atoms with Crippen LogP contribution in [0.2, 0.25) is 0 Å². The van der Waals surface area contributed by atoms with Crippen LogP contribution in [0.4, 0.5) is 0 Å². The summed E-state index contributed by atoms with van der Waals surface area (Å²) in [5.74, 6) is 0. The van der Waals surface area contributed by atoms with Crippen molar-refractivity contribution in [3.8, 4) is 0 Å². The van der Waals surface area contributed by atoms with Gasteiger partial charge < -0.3 is 38.9 Å². The molecular formula is C12H25NO7. The quantitative estimate of drug-likeness (QED) is 0.418. The van der Waals surface area contributed by atoms with Gasteiger partial charge in [0.25, 0.3) is 0 Å². The normalized spacial score (nSPS) is 30.6. The Morgan fingerprint density at radius 3 is 2.15 bits per heavy atom. The standard InChI is InChI=1S/C12H25NO7/c1-14-6-17-5-10-12(20-8-16-3)11(19-7-15-2)9(13)4-18-10/h9-12H,4-8,13H2,1-3H3/t9-,10+,11+,12-/m0/s1. The first-order valence-corrected chi connectivity index (χ1v) is 6.39. The highest BCUT2D eigenvalue weighted by molar-refractivity contribution is 4.91. The van der Waals surface area contributed by atoms with E-state index < -0.39 is 6.10 Å². The van der Waals surface area contributed by atoms with E-state index in [0.717, 1.165) is 0 Å². The molecule has 0 saturated carbocycles. The molecule has 1 rings (SSSR count). The van der Waals surface area contributed by atoms with Gasteiger partial charge in [0.1, 0.15) is 38.7 Å². The van der Waals surface area contributed by atoms with E-state index in [0.29, 0.717) is 13.2 Å². The predicted octanol–water partition coefficient (Wildman–Crippen LogP) is -0.689. The van der Waals surface area contributed by atoms with Gasteiger partial charge in [0.2, 0.25) is 0 Å². The molecule has 1 aliphatic rings. The topological polar surface area (TPSA) is 90.6 Å². The fourth-order valence-corrected chi connectivity index (χ4v) is 1.98. The van der Waals surface area contributed by atoms with Crippen LogP contribution < -0.4 is 5.73 Å². The molecule has 2 N–H and O–H groups in total. The van der Waals surface area contributed by atoms with E-state index in [2.05, 4.69) is 0 Å². The molecule has 0 spiro atoms. The van der Waals surface area contributed by atoms with Crippen LogP contribution in [-0.4, -0.2) is 79.3 Å². The second-order valence-corrected chi connectivity index (χ2v) is 4.39. The van der Waals surface area contributed by atoms with Crippen molar-refractivity contribution in [3.05, 3.63) is 0 Å². The van der Waals surface area contributed by atoms with Crippen LogP contribution in [0, 0.1) is 0 Å². The van der Waals surface area contributed by atoms with Crippen molar-refractivity contribution in [2.75, 3.05) is 54.9 Å². The fraction of sp³-hybridized carbons (Fsp3) is 1.00. The van der Waals surface area contributed by atoms with Gasteiger partial charge in [-0.3, -0.25) is 0 Å². The van der Waals surface area contributed by atoms with Crippen LogP contribution >= 0.6 is 0 Å². The van der Waals surface area contributed by atoms with E-state index in [4.69, 9.17) is 38.9 Å². The van der Waals surface area contributed by atoms with Crippen molar-refractivity contribution in [2.24, 2.45) is 5.73 Å². The zero-order valence-corrected chi connectivity index (χ0v) is 12.3. The lowest BCUT2D eigenvalue weighted by atomic mass is 9.98. The van der Waals surface area contributed by atoms with Gasteiger partial charge in [0, 0.05) is 21.3 Å². The summed E-state index contributed by atoms with van der Waals surface area (Å²) in [5, 5.41) is 0. The molecule has 0 aliphatic carbocycles. The van der Waals surface area contributed by atoms with Gasteiger partial charge in [-0.1, -0.05) is 0 Å². The predicted molar refractivity (Wildman–Crippen MR) is 69.0 cm³/mol. The highest BCUT2D eigenvalue weighted by atomic mass is 16.7. The van der Waals surface area contributed by atoms with E-state index in [9.17, 15) is 0 Å². The maximum atomic E-state index is 6.01. The van der Waals surface area contributed by atoms with Crippen LogP contribution in [0.5, 0.6) is 0 Å². The summed E-state index contributed by atoms with van der Waals surface area (Å²) in [7, 11) is 4.65. The SMILES string of the molecule is COCOC[C@H]1OC[C@H](N)[C@@H](OCOC)[C@H]1OCOC. The molecule has 8 heteroatoms. The first-order valence-electron chi connectivity index (χ1n) is 6.39. The number of nitrogens with two attached hydrogens (primary N) is 1. The second-order valence-electron chi connectivity index (χ2n) is 4.39. The zero-order valence-electron chi connectivity index (χ0n) is 12.3. The maximum absolute atomic E-state index is 6.01. The Labute approximate surface area is 119 Å². The summed E-state index contributed by atoms with van der Waals surface area (Å²) in [6.07, 6.45) is -1.05. The Kier molecular flexibility index (Phi) is 9.23. The van der Waals surface area contributed by atoms with Gasteiger partial charge in [-0.15, -0.1) is 0 Å². The second kappa shape index (κ2) is 10.4. The fourth-order valence-electron chi connectivity index (χ4n) is 1.98. The molecule has 0 aromatic rings. The first kappa shape index (κ1) is 17.7. The Morgan fingerprint density at radius 2 is 1.55 bits per heavy atom. The molecule has 1 saturated heterocycles. The molecule has 4 atom stereocenters. The Bertz CT molecular complexity index is 244. The molecule has 0 bridgehead atoms. The molecule has 8 nitrogen and oxygen atoms in total. The monoisotopic (exact) mass is 295 g/mol. The lowest BCUT2D eigenvalue weighted by Gasteiger charge is -2.40. The molecule has 1 fully saturated rings. The maximum Gasteiger partial charge on any atom is 0.146 e. The molecule has 1 heterocycles. The number of ether oxygens (including phenoxy) is 7. The molecule has 120 valence electrons. The van der Waals surface area contributed by atoms with Crippen molar-refractivity contribution < 1.29 is 33.2 Å². The smallest absolute Gasteiger partial charge is 0.146 e. The minimum atomic E-state index is -0.397. The minimum absolute atomic E-state index is 0.119. The van der Waals surface area contributed by atoms with Crippen LogP contribution in [0.25, 0.3) is 0 Å². The third-order valence-corrected chi connectivity index (χ3v) is 2.85. The largest absolute Gasteiger partial charge is 0.371 e. The molecule has 0 unspecified atom stereocenters. The van der Waals surface area contributed by atoms with Crippen LogP contribution in [0.15, 0.2) is 0 Å². The van der Waals surface area contributed by atoms with Crippen molar-refractivity contribution in [3.63, 3.8) is 0 Å². The zero-order chi connectivity index (χ0) is 14.8. The summed E-state index contributed by atoms with van der Waals surface area (Å²) >= 11 is 0. The van der Waals surface area contributed by atoms with E-state index in [1.54, 1.807) is 21.3 Å². The van der Waals surface area contributed by atoms with Gasteiger partial charge in [-0.2, -0.15) is 0 Å². The Hall–Kier alpha value is -0.320. The van der Waals surface area contributed by atoms with Crippen molar-refractivity contribution in [1.82, 2.24) is 0 Å². The Balaban J connectivity index is 2.60. The number of hydrogen-bond donors (Lipinski definition) is 1. The number of rotatable bonds is 10. The highest BCUT2D eigenvalue weighted by Crippen LogP contribution is 2.21. The van der Waals surface area contributed by atoms with Crippen molar-refractivity contribution in [2.45, 2.75) is 24.4 Å². The van der Waals surface area contributed by atoms with Crippen molar-refractivity contribution in [1.29, 1.82) is 0 Å². The molecule has 0 aromatic heterocycles. The molecule has 0 amide bonds. The third-order valence-electron chi connectivity index (χ3n) is 2.85. The van der Waals surface area contributed by atoms with Crippen LogP contribution in [-0.2, 0) is 33.2 Å². The van der Waals surface area contributed by atoms with Gasteiger partial charge in [-0.05, 0) is 0 Å². The first-order chi connectivity index (χ1) is 9.74. The molecule has 0 aromatic carbocycles. The summed E-state index contributed by atoms with van der Waals surface area (Å²) in [6.45, 7) is 1.13. The van der Waals surface area contributed by atoms with Gasteiger partial charge in [-0.25, -0.2) is 0 Å². The average molecular weight is 295 g/mol. The van der Waals surface area contributed by atoms with E-state index in [1.807, 2.05) is 0 Å². The third kappa shape index (κ3) is 5.58. The lowest BCUT2D eigenvalue weighted by Crippen LogP contribution is -2.59. The molecule has 0 radical (unpaired) electrons. The minimum Gasteiger partial charge on any atom is -0.371 e. The van der Waals surface area contributed by atoms with Gasteiger partial charge in [0.05, 0.1) is 19.3 Å². The molecular weight excluding hydrogens is 270 g/mol. The van der Waals surface area contributed by atoms with Crippen LogP contribution in [0.3, 0.4) is 0 Å². The highest BCUT2D eigenvalue weighted by Gasteiger charge is 2.41. The number of methoxy groups -OCH3 is 3. The average Bonchev–Trinajstić information content (AvgIpc) is 2.46. The van der Waals surface area contributed by atoms with E-state index in [-0.39, 0.29) is 38.6 Å². The molecule has 1 aliphatic heterocycles. The summed E-state index contributed by atoms with van der Waals surface area (Å²) in [6, 6.07) is -0.300. The lowest BCUT2D eigenvalue weighted by molar-refractivity contribution is -0.237. The van der Waals surface area contributed by atoms with E-state index in [1.165, 1.54) is 0 Å².